The van der Waals surface area contributed by atoms with E-state index in [1.54, 1.807) is 0 Å². The van der Waals surface area contributed by atoms with E-state index in [-0.39, 0.29) is 5.41 Å². The van der Waals surface area contributed by atoms with E-state index >= 15 is 0 Å². The van der Waals surface area contributed by atoms with Crippen molar-refractivity contribution in [1.29, 1.82) is 0 Å². The predicted molar refractivity (Wildman–Crippen MR) is 61.5 cm³/mol. The molecule has 0 unspecified atom stereocenters. The first-order chi connectivity index (χ1) is 6.45. The normalized spacial score (nSPS) is 11.8. The van der Waals surface area contributed by atoms with E-state index < -0.39 is 0 Å². The maximum atomic E-state index is 8.57. The fourth-order valence-electron chi connectivity index (χ4n) is 1.37. The van der Waals surface area contributed by atoms with Crippen LogP contribution in [0.25, 0.3) is 0 Å². The average molecular weight is 258 g/mol. The van der Waals surface area contributed by atoms with Gasteiger partial charge in [0.1, 0.15) is 0 Å². The van der Waals surface area contributed by atoms with Crippen LogP contribution < -0.4 is 5.48 Å². The molecule has 0 aliphatic carbocycles. The van der Waals surface area contributed by atoms with Crippen molar-refractivity contribution in [2.45, 2.75) is 32.7 Å². The molecule has 1 aromatic carbocycles. The smallest absolute Gasteiger partial charge is 0.0458 e. The minimum atomic E-state index is 0.143. The van der Waals surface area contributed by atoms with Crippen LogP contribution in [0.5, 0.6) is 0 Å². The average Bonchev–Trinajstić information content (AvgIpc) is 2.02. The summed E-state index contributed by atoms with van der Waals surface area (Å²) in [4.78, 5) is 0. The van der Waals surface area contributed by atoms with E-state index in [1.807, 2.05) is 12.1 Å². The molecule has 0 amide bonds. The molecule has 0 aliphatic rings. The highest BCUT2D eigenvalue weighted by Gasteiger charge is 2.16. The molecule has 0 aromatic heterocycles. The quantitative estimate of drug-likeness (QED) is 0.798. The number of benzene rings is 1. The van der Waals surface area contributed by atoms with Gasteiger partial charge in [-0.2, -0.15) is 0 Å². The van der Waals surface area contributed by atoms with Gasteiger partial charge in [-0.1, -0.05) is 48.8 Å². The van der Waals surface area contributed by atoms with Gasteiger partial charge in [-0.3, -0.25) is 0 Å². The molecule has 78 valence electrons. The molecular weight excluding hydrogens is 242 g/mol. The Kier molecular flexibility index (Phi) is 3.70. The Hall–Kier alpha value is -0.380. The van der Waals surface area contributed by atoms with Crippen LogP contribution in [-0.2, 0) is 12.0 Å². The van der Waals surface area contributed by atoms with Crippen LogP contribution in [0.2, 0.25) is 0 Å². The first-order valence-corrected chi connectivity index (χ1v) is 5.40. The molecule has 0 bridgehead atoms. The zero-order valence-electron chi connectivity index (χ0n) is 8.76. The third kappa shape index (κ3) is 2.80. The number of nitrogens with one attached hydrogen (secondary N) is 1. The second-order valence-electron chi connectivity index (χ2n) is 4.40. The highest BCUT2D eigenvalue weighted by Crippen LogP contribution is 2.30. The molecule has 1 rings (SSSR count). The van der Waals surface area contributed by atoms with Crippen LogP contribution in [-0.4, -0.2) is 5.21 Å². The second-order valence-corrected chi connectivity index (χ2v) is 5.25. The number of hydroxylamine groups is 1. The van der Waals surface area contributed by atoms with Crippen molar-refractivity contribution in [2.24, 2.45) is 0 Å². The molecule has 0 aliphatic heterocycles. The summed E-state index contributed by atoms with van der Waals surface area (Å²) in [5, 5.41) is 8.57. The highest BCUT2D eigenvalue weighted by molar-refractivity contribution is 9.10. The Balaban J connectivity index is 3.02. The van der Waals surface area contributed by atoms with Crippen molar-refractivity contribution < 1.29 is 5.21 Å². The Bertz CT molecular complexity index is 318. The zero-order valence-corrected chi connectivity index (χ0v) is 10.4. The van der Waals surface area contributed by atoms with Gasteiger partial charge in [0.15, 0.2) is 0 Å². The van der Waals surface area contributed by atoms with E-state index in [2.05, 4.69) is 48.2 Å². The number of hydrogen-bond donors (Lipinski definition) is 2. The molecule has 3 heteroatoms. The number of hydrogen-bond acceptors (Lipinski definition) is 2. The molecule has 0 atom stereocenters. The summed E-state index contributed by atoms with van der Waals surface area (Å²) in [6.45, 7) is 7.01. The number of rotatable bonds is 2. The summed E-state index contributed by atoms with van der Waals surface area (Å²) in [5.41, 5.74) is 4.63. The van der Waals surface area contributed by atoms with Crippen molar-refractivity contribution >= 4 is 15.9 Å². The van der Waals surface area contributed by atoms with Gasteiger partial charge in [-0.15, -0.1) is 0 Å². The van der Waals surface area contributed by atoms with Crippen LogP contribution in [0.3, 0.4) is 0 Å². The van der Waals surface area contributed by atoms with Crippen molar-refractivity contribution in [1.82, 2.24) is 5.48 Å². The van der Waals surface area contributed by atoms with Gasteiger partial charge in [0, 0.05) is 11.0 Å². The van der Waals surface area contributed by atoms with Gasteiger partial charge in [-0.25, -0.2) is 5.48 Å². The SMILES string of the molecule is CC(C)(C)c1ccc(CNO)cc1Br. The van der Waals surface area contributed by atoms with Gasteiger partial charge in [-0.05, 0) is 22.6 Å². The minimum Gasteiger partial charge on any atom is -0.316 e. The monoisotopic (exact) mass is 257 g/mol. The Morgan fingerprint density at radius 1 is 1.36 bits per heavy atom. The molecule has 1 aromatic rings. The van der Waals surface area contributed by atoms with Crippen LogP contribution >= 0.6 is 15.9 Å². The molecule has 14 heavy (non-hydrogen) atoms. The lowest BCUT2D eigenvalue weighted by Crippen LogP contribution is -2.13. The lowest BCUT2D eigenvalue weighted by molar-refractivity contribution is 0.161. The maximum absolute atomic E-state index is 8.57. The van der Waals surface area contributed by atoms with Gasteiger partial charge in [0.05, 0.1) is 0 Å². The Morgan fingerprint density at radius 2 is 2.00 bits per heavy atom. The fourth-order valence-corrected chi connectivity index (χ4v) is 2.39. The second kappa shape index (κ2) is 4.43. The van der Waals surface area contributed by atoms with Crippen LogP contribution in [0, 0.1) is 0 Å². The van der Waals surface area contributed by atoms with Gasteiger partial charge >= 0.3 is 0 Å². The largest absolute Gasteiger partial charge is 0.316 e. The zero-order chi connectivity index (χ0) is 10.8. The minimum absolute atomic E-state index is 0.143. The van der Waals surface area contributed by atoms with Gasteiger partial charge in [0.25, 0.3) is 0 Å². The first-order valence-electron chi connectivity index (χ1n) is 4.61. The summed E-state index contributed by atoms with van der Waals surface area (Å²) >= 11 is 3.54. The van der Waals surface area contributed by atoms with Gasteiger partial charge < -0.3 is 5.21 Å². The molecule has 0 heterocycles. The molecule has 0 radical (unpaired) electrons. The molecule has 0 fully saturated rings. The molecule has 2 nitrogen and oxygen atoms in total. The fraction of sp³-hybridized carbons (Fsp3) is 0.455. The van der Waals surface area contributed by atoms with Crippen LogP contribution in [0.1, 0.15) is 31.9 Å². The molecule has 0 saturated heterocycles. The van der Waals surface area contributed by atoms with E-state index in [9.17, 15) is 0 Å². The van der Waals surface area contributed by atoms with Crippen molar-refractivity contribution in [3.8, 4) is 0 Å². The highest BCUT2D eigenvalue weighted by atomic mass is 79.9. The maximum Gasteiger partial charge on any atom is 0.0458 e. The van der Waals surface area contributed by atoms with Crippen molar-refractivity contribution in [3.05, 3.63) is 33.8 Å². The van der Waals surface area contributed by atoms with E-state index in [4.69, 9.17) is 5.21 Å². The summed E-state index contributed by atoms with van der Waals surface area (Å²) in [6, 6.07) is 6.15. The first kappa shape index (κ1) is 11.7. The Labute approximate surface area is 93.4 Å². The lowest BCUT2D eigenvalue weighted by atomic mass is 9.87. The van der Waals surface area contributed by atoms with Crippen molar-refractivity contribution in [3.63, 3.8) is 0 Å². The van der Waals surface area contributed by atoms with Crippen LogP contribution in [0.4, 0.5) is 0 Å². The van der Waals surface area contributed by atoms with Crippen molar-refractivity contribution in [2.75, 3.05) is 0 Å². The topological polar surface area (TPSA) is 32.3 Å². The van der Waals surface area contributed by atoms with E-state index in [1.165, 1.54) is 5.56 Å². The Morgan fingerprint density at radius 3 is 2.43 bits per heavy atom. The summed E-state index contributed by atoms with van der Waals surface area (Å²) < 4.78 is 1.10. The lowest BCUT2D eigenvalue weighted by Gasteiger charge is -2.21. The number of halogens is 1. The summed E-state index contributed by atoms with van der Waals surface area (Å²) in [5.74, 6) is 0. The third-order valence-corrected chi connectivity index (χ3v) is 2.78. The van der Waals surface area contributed by atoms with E-state index in [0.29, 0.717) is 6.54 Å². The molecule has 2 N–H and O–H groups in total. The summed E-state index contributed by atoms with van der Waals surface area (Å²) in [6.07, 6.45) is 0. The van der Waals surface area contributed by atoms with E-state index in [0.717, 1.165) is 10.0 Å². The predicted octanol–water partition coefficient (Wildman–Crippen LogP) is 3.23. The summed E-state index contributed by atoms with van der Waals surface area (Å²) in [7, 11) is 0. The molecular formula is C11H16BrNO. The third-order valence-electron chi connectivity index (χ3n) is 2.12. The van der Waals surface area contributed by atoms with Crippen LogP contribution in [0.15, 0.2) is 22.7 Å². The standard InChI is InChI=1S/C11H16BrNO/c1-11(2,3)9-5-4-8(7-13-14)6-10(9)12/h4-6,13-14H,7H2,1-3H3. The molecule has 0 spiro atoms. The molecule has 0 saturated carbocycles. The van der Waals surface area contributed by atoms with Gasteiger partial charge in [0.2, 0.25) is 0 Å².